The maximum atomic E-state index is 12.8. The number of esters is 1. The van der Waals surface area contributed by atoms with Gasteiger partial charge < -0.3 is 18.8 Å². The summed E-state index contributed by atoms with van der Waals surface area (Å²) in [5, 5.41) is 0. The van der Waals surface area contributed by atoms with Crippen molar-refractivity contribution >= 4 is 17.6 Å². The first-order valence-electron chi connectivity index (χ1n) is 8.86. The van der Waals surface area contributed by atoms with Crippen LogP contribution in [0.1, 0.15) is 16.1 Å². The topological polar surface area (TPSA) is 69.0 Å². The molecule has 0 aliphatic heterocycles. The summed E-state index contributed by atoms with van der Waals surface area (Å²) in [6.45, 7) is 0.0772. The quantitative estimate of drug-likeness (QED) is 0.558. The van der Waals surface area contributed by atoms with Crippen LogP contribution in [0.3, 0.4) is 0 Å². The van der Waals surface area contributed by atoms with Gasteiger partial charge in [-0.3, -0.25) is 4.79 Å². The summed E-state index contributed by atoms with van der Waals surface area (Å²) < 4.78 is 15.3. The Morgan fingerprint density at radius 3 is 2.36 bits per heavy atom. The van der Waals surface area contributed by atoms with E-state index in [9.17, 15) is 9.59 Å². The molecule has 6 heteroatoms. The molecule has 0 unspecified atom stereocenters. The minimum atomic E-state index is -0.670. The Kier molecular flexibility index (Phi) is 6.46. The Labute approximate surface area is 163 Å². The fraction of sp³-hybridized carbons (Fsp3) is 0.182. The van der Waals surface area contributed by atoms with Crippen molar-refractivity contribution in [2.24, 2.45) is 0 Å². The lowest BCUT2D eigenvalue weighted by Crippen LogP contribution is -2.36. The van der Waals surface area contributed by atoms with E-state index >= 15 is 0 Å². The zero-order valence-corrected chi connectivity index (χ0v) is 15.5. The number of ether oxygens (including phenoxy) is 2. The van der Waals surface area contributed by atoms with E-state index in [4.69, 9.17) is 13.9 Å². The van der Waals surface area contributed by atoms with Gasteiger partial charge in [0, 0.05) is 12.2 Å². The Morgan fingerprint density at radius 2 is 1.71 bits per heavy atom. The van der Waals surface area contributed by atoms with Crippen LogP contribution in [0.2, 0.25) is 0 Å². The third-order valence-corrected chi connectivity index (χ3v) is 4.20. The number of amides is 1. The van der Waals surface area contributed by atoms with Crippen molar-refractivity contribution in [3.8, 4) is 5.75 Å². The van der Waals surface area contributed by atoms with E-state index in [-0.39, 0.29) is 18.3 Å². The molecule has 0 saturated heterocycles. The number of rotatable bonds is 8. The molecule has 2 aromatic carbocycles. The smallest absolute Gasteiger partial charge is 0.374 e. The van der Waals surface area contributed by atoms with E-state index in [0.717, 1.165) is 5.56 Å². The van der Waals surface area contributed by atoms with Gasteiger partial charge in [-0.05, 0) is 48.4 Å². The number of nitrogens with zero attached hydrogens (tertiary/aromatic N) is 1. The van der Waals surface area contributed by atoms with Crippen molar-refractivity contribution in [2.75, 3.05) is 25.2 Å². The Balaban J connectivity index is 1.70. The molecule has 0 N–H and O–H groups in total. The molecule has 0 radical (unpaired) electrons. The Hall–Kier alpha value is -3.54. The average molecular weight is 379 g/mol. The van der Waals surface area contributed by atoms with Gasteiger partial charge in [0.05, 0.1) is 13.4 Å². The first-order valence-corrected chi connectivity index (χ1v) is 8.86. The maximum Gasteiger partial charge on any atom is 0.374 e. The highest BCUT2D eigenvalue weighted by Crippen LogP contribution is 2.20. The zero-order valence-electron chi connectivity index (χ0n) is 15.5. The lowest BCUT2D eigenvalue weighted by molar-refractivity contribution is -0.121. The summed E-state index contributed by atoms with van der Waals surface area (Å²) in [4.78, 5) is 26.3. The van der Waals surface area contributed by atoms with Gasteiger partial charge in [0.15, 0.2) is 6.61 Å². The SMILES string of the molecule is COc1ccc(N(CCc2ccccc2)C(=O)COC(=O)c2ccco2)cc1. The van der Waals surface area contributed by atoms with Crippen LogP contribution in [-0.2, 0) is 16.0 Å². The van der Waals surface area contributed by atoms with Crippen LogP contribution in [0.15, 0.2) is 77.4 Å². The summed E-state index contributed by atoms with van der Waals surface area (Å²) in [5.41, 5.74) is 1.82. The van der Waals surface area contributed by atoms with Crippen molar-refractivity contribution in [3.63, 3.8) is 0 Å². The predicted molar refractivity (Wildman–Crippen MR) is 104 cm³/mol. The van der Waals surface area contributed by atoms with E-state index in [0.29, 0.717) is 24.4 Å². The van der Waals surface area contributed by atoms with E-state index in [1.807, 2.05) is 30.3 Å². The second kappa shape index (κ2) is 9.41. The highest BCUT2D eigenvalue weighted by atomic mass is 16.5. The molecule has 1 aromatic heterocycles. The average Bonchev–Trinajstić information content (AvgIpc) is 3.28. The molecule has 0 atom stereocenters. The number of benzene rings is 2. The number of furan rings is 1. The molecular weight excluding hydrogens is 358 g/mol. The van der Waals surface area contributed by atoms with Crippen LogP contribution in [0.5, 0.6) is 5.75 Å². The third kappa shape index (κ3) is 5.01. The Bertz CT molecular complexity index is 888. The summed E-state index contributed by atoms with van der Waals surface area (Å²) >= 11 is 0. The molecule has 0 bridgehead atoms. The standard InChI is InChI=1S/C22H21NO5/c1-26-19-11-9-18(10-12-19)23(14-13-17-6-3-2-4-7-17)21(24)16-28-22(25)20-8-5-15-27-20/h2-12,15H,13-14,16H2,1H3. The van der Waals surface area contributed by atoms with Gasteiger partial charge >= 0.3 is 5.97 Å². The van der Waals surface area contributed by atoms with Crippen molar-refractivity contribution in [1.82, 2.24) is 0 Å². The highest BCUT2D eigenvalue weighted by Gasteiger charge is 2.19. The van der Waals surface area contributed by atoms with Gasteiger partial charge in [0.2, 0.25) is 5.76 Å². The van der Waals surface area contributed by atoms with E-state index < -0.39 is 5.97 Å². The highest BCUT2D eigenvalue weighted by molar-refractivity contribution is 5.96. The van der Waals surface area contributed by atoms with Crippen molar-refractivity contribution < 1.29 is 23.5 Å². The number of carbonyl (C=O) groups is 2. The van der Waals surface area contributed by atoms with E-state index in [1.54, 1.807) is 42.3 Å². The van der Waals surface area contributed by atoms with Crippen LogP contribution < -0.4 is 9.64 Å². The molecule has 0 spiro atoms. The molecule has 3 rings (SSSR count). The van der Waals surface area contributed by atoms with Crippen molar-refractivity contribution in [3.05, 3.63) is 84.3 Å². The van der Waals surface area contributed by atoms with Crippen LogP contribution in [0, 0.1) is 0 Å². The second-order valence-electron chi connectivity index (χ2n) is 6.03. The Morgan fingerprint density at radius 1 is 0.964 bits per heavy atom. The number of anilines is 1. The fourth-order valence-electron chi connectivity index (χ4n) is 2.72. The number of methoxy groups -OCH3 is 1. The number of carbonyl (C=O) groups excluding carboxylic acids is 2. The molecule has 3 aromatic rings. The van der Waals surface area contributed by atoms with Gasteiger partial charge in [0.25, 0.3) is 5.91 Å². The minimum absolute atomic E-state index is 0.0630. The molecule has 144 valence electrons. The summed E-state index contributed by atoms with van der Waals surface area (Å²) in [5.74, 6) is -0.228. The normalized spacial score (nSPS) is 10.3. The number of hydrogen-bond donors (Lipinski definition) is 0. The van der Waals surface area contributed by atoms with Gasteiger partial charge in [0.1, 0.15) is 5.75 Å². The molecule has 0 saturated carbocycles. The fourth-order valence-corrected chi connectivity index (χ4v) is 2.72. The molecule has 6 nitrogen and oxygen atoms in total. The molecule has 28 heavy (non-hydrogen) atoms. The molecule has 0 aliphatic carbocycles. The van der Waals surface area contributed by atoms with Gasteiger partial charge in [-0.2, -0.15) is 0 Å². The van der Waals surface area contributed by atoms with E-state index in [2.05, 4.69) is 0 Å². The van der Waals surface area contributed by atoms with Crippen LogP contribution in [0.25, 0.3) is 0 Å². The summed E-state index contributed by atoms with van der Waals surface area (Å²) in [7, 11) is 1.58. The third-order valence-electron chi connectivity index (χ3n) is 4.20. The first-order chi connectivity index (χ1) is 13.7. The van der Waals surface area contributed by atoms with Crippen LogP contribution in [0.4, 0.5) is 5.69 Å². The zero-order chi connectivity index (χ0) is 19.8. The minimum Gasteiger partial charge on any atom is -0.497 e. The lowest BCUT2D eigenvalue weighted by atomic mass is 10.1. The van der Waals surface area contributed by atoms with Crippen LogP contribution in [-0.4, -0.2) is 32.1 Å². The molecule has 0 aliphatic rings. The van der Waals surface area contributed by atoms with E-state index in [1.165, 1.54) is 12.3 Å². The van der Waals surface area contributed by atoms with Gasteiger partial charge in [-0.25, -0.2) is 4.79 Å². The monoisotopic (exact) mass is 379 g/mol. The molecule has 0 fully saturated rings. The largest absolute Gasteiger partial charge is 0.497 e. The summed E-state index contributed by atoms with van der Waals surface area (Å²) in [6, 6.07) is 20.1. The molecular formula is C22H21NO5. The second-order valence-corrected chi connectivity index (χ2v) is 6.03. The van der Waals surface area contributed by atoms with Crippen LogP contribution >= 0.6 is 0 Å². The van der Waals surface area contributed by atoms with Gasteiger partial charge in [-0.15, -0.1) is 0 Å². The summed E-state index contributed by atoms with van der Waals surface area (Å²) in [6.07, 6.45) is 2.05. The first kappa shape index (κ1) is 19.2. The molecule has 1 amide bonds. The number of hydrogen-bond acceptors (Lipinski definition) is 5. The van der Waals surface area contributed by atoms with Crippen molar-refractivity contribution in [2.45, 2.75) is 6.42 Å². The lowest BCUT2D eigenvalue weighted by Gasteiger charge is -2.23. The predicted octanol–water partition coefficient (Wildman–Crippen LogP) is 3.72. The van der Waals surface area contributed by atoms with Gasteiger partial charge in [-0.1, -0.05) is 30.3 Å². The molecule has 1 heterocycles. The van der Waals surface area contributed by atoms with Crippen molar-refractivity contribution in [1.29, 1.82) is 0 Å². The maximum absolute atomic E-state index is 12.8.